The topological polar surface area (TPSA) is 55.0 Å². The van der Waals surface area contributed by atoms with Crippen molar-refractivity contribution in [2.24, 2.45) is 0 Å². The van der Waals surface area contributed by atoms with Crippen LogP contribution in [0.5, 0.6) is 0 Å². The van der Waals surface area contributed by atoms with Crippen LogP contribution in [-0.4, -0.2) is 16.5 Å². The summed E-state index contributed by atoms with van der Waals surface area (Å²) in [6, 6.07) is 4.25. The molecule has 1 aliphatic rings. The lowest BCUT2D eigenvalue weighted by molar-refractivity contribution is 0.797. The normalized spacial score (nSPS) is 14.5. The zero-order chi connectivity index (χ0) is 14.1. The summed E-state index contributed by atoms with van der Waals surface area (Å²) in [4.78, 5) is 12.9. The molecular formula is C15H20N4S. The van der Waals surface area contributed by atoms with Crippen LogP contribution in [0.1, 0.15) is 41.9 Å². The van der Waals surface area contributed by atoms with Gasteiger partial charge in [-0.05, 0) is 38.1 Å². The molecule has 4 nitrogen and oxygen atoms in total. The Labute approximate surface area is 123 Å². The lowest BCUT2D eigenvalue weighted by Crippen LogP contribution is -2.25. The fraction of sp³-hybridized carbons (Fsp3) is 0.467. The van der Waals surface area contributed by atoms with Gasteiger partial charge in [0.15, 0.2) is 0 Å². The molecule has 2 N–H and O–H groups in total. The molecular weight excluding hydrogens is 268 g/mol. The fourth-order valence-electron chi connectivity index (χ4n) is 2.30. The van der Waals surface area contributed by atoms with Gasteiger partial charge in [0.1, 0.15) is 17.5 Å². The molecule has 2 aromatic heterocycles. The third kappa shape index (κ3) is 2.63. The van der Waals surface area contributed by atoms with Crippen LogP contribution in [0.4, 0.5) is 11.6 Å². The maximum Gasteiger partial charge on any atom is 0.137 e. The maximum atomic E-state index is 6.08. The molecule has 0 atom stereocenters. The second-order valence-electron chi connectivity index (χ2n) is 5.28. The van der Waals surface area contributed by atoms with E-state index >= 15 is 0 Å². The minimum atomic E-state index is 0.525. The van der Waals surface area contributed by atoms with Gasteiger partial charge in [-0.3, -0.25) is 0 Å². The van der Waals surface area contributed by atoms with Crippen LogP contribution in [0.3, 0.4) is 0 Å². The Bertz CT molecular complexity index is 590. The number of rotatable bonds is 5. The zero-order valence-corrected chi connectivity index (χ0v) is 12.8. The van der Waals surface area contributed by atoms with Gasteiger partial charge in [0, 0.05) is 22.9 Å². The Balaban J connectivity index is 1.93. The number of hydrogen-bond donors (Lipinski definition) is 1. The van der Waals surface area contributed by atoms with Crippen LogP contribution >= 0.6 is 11.3 Å². The van der Waals surface area contributed by atoms with Gasteiger partial charge >= 0.3 is 0 Å². The highest BCUT2D eigenvalue weighted by Crippen LogP contribution is 2.39. The van der Waals surface area contributed by atoms with Gasteiger partial charge in [0.25, 0.3) is 0 Å². The van der Waals surface area contributed by atoms with Crippen molar-refractivity contribution >= 4 is 23.0 Å². The van der Waals surface area contributed by atoms with E-state index in [-0.39, 0.29) is 0 Å². The van der Waals surface area contributed by atoms with Crippen LogP contribution < -0.4 is 10.6 Å². The number of anilines is 2. The van der Waals surface area contributed by atoms with Crippen LogP contribution in [0.25, 0.3) is 0 Å². The van der Waals surface area contributed by atoms with E-state index in [1.165, 1.54) is 17.7 Å². The first-order valence-electron chi connectivity index (χ1n) is 7.10. The molecule has 1 aliphatic carbocycles. The minimum Gasteiger partial charge on any atom is -0.383 e. The van der Waals surface area contributed by atoms with Crippen molar-refractivity contribution in [2.45, 2.75) is 39.2 Å². The molecule has 0 saturated heterocycles. The van der Waals surface area contributed by atoms with Crippen molar-refractivity contribution in [3.05, 3.63) is 33.8 Å². The second-order valence-corrected chi connectivity index (χ2v) is 6.32. The largest absolute Gasteiger partial charge is 0.383 e. The number of nitrogen functional groups attached to an aromatic ring is 1. The van der Waals surface area contributed by atoms with E-state index in [0.717, 1.165) is 30.3 Å². The predicted octanol–water partition coefficient (Wildman–Crippen LogP) is 3.33. The molecule has 5 heteroatoms. The van der Waals surface area contributed by atoms with E-state index in [1.807, 2.05) is 6.92 Å². The molecule has 1 saturated carbocycles. The lowest BCUT2D eigenvalue weighted by Gasteiger charge is -2.24. The molecule has 0 aliphatic heterocycles. The molecule has 2 heterocycles. The number of nitrogens with zero attached hydrogens (tertiary/aromatic N) is 3. The Morgan fingerprint density at radius 1 is 1.40 bits per heavy atom. The van der Waals surface area contributed by atoms with Crippen molar-refractivity contribution < 1.29 is 0 Å². The predicted molar refractivity (Wildman–Crippen MR) is 84.2 cm³/mol. The quantitative estimate of drug-likeness (QED) is 0.917. The van der Waals surface area contributed by atoms with E-state index in [4.69, 9.17) is 10.7 Å². The van der Waals surface area contributed by atoms with Gasteiger partial charge < -0.3 is 10.6 Å². The fourth-order valence-corrected chi connectivity index (χ4v) is 3.02. The molecule has 0 radical (unpaired) electrons. The summed E-state index contributed by atoms with van der Waals surface area (Å²) in [7, 11) is 0. The van der Waals surface area contributed by atoms with E-state index < -0.39 is 0 Å². The van der Waals surface area contributed by atoms with Gasteiger partial charge in [-0.1, -0.05) is 6.07 Å². The van der Waals surface area contributed by atoms with Gasteiger partial charge in [-0.25, -0.2) is 9.97 Å². The standard InChI is InChI=1S/C15H20N4S/c1-3-19(9-12-5-4-8-20-12)15-10(2)13(16)17-14(18-15)11-6-7-11/h4-5,8,11H,3,6-7,9H2,1-2H3,(H2,16,17,18). The van der Waals surface area contributed by atoms with E-state index in [0.29, 0.717) is 11.7 Å². The molecule has 0 spiro atoms. The van der Waals surface area contributed by atoms with E-state index in [1.54, 1.807) is 11.3 Å². The van der Waals surface area contributed by atoms with E-state index in [2.05, 4.69) is 34.3 Å². The monoisotopic (exact) mass is 288 g/mol. The van der Waals surface area contributed by atoms with Crippen LogP contribution in [0.15, 0.2) is 17.5 Å². The summed E-state index contributed by atoms with van der Waals surface area (Å²) in [5.41, 5.74) is 7.07. The molecule has 2 aromatic rings. The number of thiophene rings is 1. The van der Waals surface area contributed by atoms with Gasteiger partial charge in [-0.2, -0.15) is 0 Å². The van der Waals surface area contributed by atoms with Crippen molar-refractivity contribution in [1.82, 2.24) is 9.97 Å². The Morgan fingerprint density at radius 2 is 2.20 bits per heavy atom. The highest BCUT2D eigenvalue weighted by Gasteiger charge is 2.28. The highest BCUT2D eigenvalue weighted by atomic mass is 32.1. The molecule has 0 amide bonds. The van der Waals surface area contributed by atoms with Crippen LogP contribution in [0, 0.1) is 6.92 Å². The summed E-state index contributed by atoms with van der Waals surface area (Å²) in [6.45, 7) is 5.97. The van der Waals surface area contributed by atoms with Gasteiger partial charge in [0.05, 0.1) is 6.54 Å². The van der Waals surface area contributed by atoms with Crippen molar-refractivity contribution in [3.63, 3.8) is 0 Å². The molecule has 3 rings (SSSR count). The SMILES string of the molecule is CCN(Cc1cccs1)c1nc(C2CC2)nc(N)c1C. The van der Waals surface area contributed by atoms with Gasteiger partial charge in [-0.15, -0.1) is 11.3 Å². The number of hydrogen-bond acceptors (Lipinski definition) is 5. The minimum absolute atomic E-state index is 0.525. The Morgan fingerprint density at radius 3 is 2.80 bits per heavy atom. The third-order valence-corrected chi connectivity index (χ3v) is 4.59. The van der Waals surface area contributed by atoms with Gasteiger partial charge in [0.2, 0.25) is 0 Å². The lowest BCUT2D eigenvalue weighted by atomic mass is 10.2. The average molecular weight is 288 g/mol. The molecule has 0 unspecified atom stereocenters. The van der Waals surface area contributed by atoms with Crippen molar-refractivity contribution in [1.29, 1.82) is 0 Å². The Kier molecular flexibility index (Phi) is 3.61. The first-order chi connectivity index (χ1) is 9.69. The zero-order valence-electron chi connectivity index (χ0n) is 12.0. The smallest absolute Gasteiger partial charge is 0.137 e. The average Bonchev–Trinajstić information content (AvgIpc) is 3.17. The summed E-state index contributed by atoms with van der Waals surface area (Å²) in [6.07, 6.45) is 2.39. The highest BCUT2D eigenvalue weighted by molar-refractivity contribution is 7.09. The van der Waals surface area contributed by atoms with Crippen LogP contribution in [-0.2, 0) is 6.54 Å². The first kappa shape index (κ1) is 13.4. The summed E-state index contributed by atoms with van der Waals surface area (Å²) in [5, 5.41) is 2.11. The molecule has 1 fully saturated rings. The van der Waals surface area contributed by atoms with E-state index in [9.17, 15) is 0 Å². The maximum absolute atomic E-state index is 6.08. The molecule has 106 valence electrons. The number of nitrogens with two attached hydrogens (primary N) is 1. The van der Waals surface area contributed by atoms with Crippen LogP contribution in [0.2, 0.25) is 0 Å². The number of aromatic nitrogens is 2. The van der Waals surface area contributed by atoms with Crippen molar-refractivity contribution in [2.75, 3.05) is 17.2 Å². The second kappa shape index (κ2) is 5.40. The summed E-state index contributed by atoms with van der Waals surface area (Å²) < 4.78 is 0. The Hall–Kier alpha value is -1.62. The molecule has 0 bridgehead atoms. The summed E-state index contributed by atoms with van der Waals surface area (Å²) in [5.74, 6) is 3.07. The molecule has 20 heavy (non-hydrogen) atoms. The van der Waals surface area contributed by atoms with Crippen molar-refractivity contribution in [3.8, 4) is 0 Å². The summed E-state index contributed by atoms with van der Waals surface area (Å²) >= 11 is 1.78. The third-order valence-electron chi connectivity index (χ3n) is 3.73. The molecule has 0 aromatic carbocycles. The first-order valence-corrected chi connectivity index (χ1v) is 7.98.